The highest BCUT2D eigenvalue weighted by molar-refractivity contribution is 5.84. The third-order valence-corrected chi connectivity index (χ3v) is 3.13. The number of rotatable bonds is 5. The Hall–Kier alpha value is -1.88. The van der Waals surface area contributed by atoms with Gasteiger partial charge in [0.1, 0.15) is 5.78 Å². The van der Waals surface area contributed by atoms with Crippen LogP contribution in [0.5, 0.6) is 11.5 Å². The lowest BCUT2D eigenvalue weighted by Crippen LogP contribution is -2.25. The van der Waals surface area contributed by atoms with Crippen molar-refractivity contribution in [3.8, 4) is 11.5 Å². The van der Waals surface area contributed by atoms with Gasteiger partial charge in [-0.25, -0.2) is 0 Å². The van der Waals surface area contributed by atoms with Gasteiger partial charge in [0.05, 0.1) is 18.4 Å². The van der Waals surface area contributed by atoms with Crippen molar-refractivity contribution in [1.29, 1.82) is 0 Å². The molecular formula is C16H23NO4. The van der Waals surface area contributed by atoms with Gasteiger partial charge < -0.3 is 15.2 Å². The first kappa shape index (κ1) is 17.2. The minimum atomic E-state index is -0.608. The molecule has 0 saturated carbocycles. The fourth-order valence-electron chi connectivity index (χ4n) is 1.77. The zero-order valence-electron chi connectivity index (χ0n) is 13.2. The standard InChI is InChI=1S/C16H23NO4/c1-10(18)12(9-17)11-6-7-13(14(8-11)20-5)21-15(19)16(2,3)4/h6-8,12H,9,17H2,1-5H3. The Morgan fingerprint density at radius 3 is 2.29 bits per heavy atom. The Labute approximate surface area is 125 Å². The van der Waals surface area contributed by atoms with Crippen molar-refractivity contribution in [3.63, 3.8) is 0 Å². The number of methoxy groups -OCH3 is 1. The quantitative estimate of drug-likeness (QED) is 0.665. The molecule has 2 N–H and O–H groups in total. The zero-order chi connectivity index (χ0) is 16.2. The fraction of sp³-hybridized carbons (Fsp3) is 0.500. The lowest BCUT2D eigenvalue weighted by atomic mass is 9.95. The Bertz CT molecular complexity index is 532. The Morgan fingerprint density at radius 2 is 1.86 bits per heavy atom. The molecule has 21 heavy (non-hydrogen) atoms. The van der Waals surface area contributed by atoms with Crippen LogP contribution >= 0.6 is 0 Å². The fourth-order valence-corrected chi connectivity index (χ4v) is 1.77. The molecular weight excluding hydrogens is 270 g/mol. The minimum absolute atomic E-state index is 0.0148. The van der Waals surface area contributed by atoms with E-state index in [2.05, 4.69) is 0 Å². The summed E-state index contributed by atoms with van der Waals surface area (Å²) in [6.45, 7) is 7.04. The molecule has 5 nitrogen and oxygen atoms in total. The van der Waals surface area contributed by atoms with E-state index in [4.69, 9.17) is 15.2 Å². The molecule has 0 bridgehead atoms. The molecule has 0 aliphatic heterocycles. The van der Waals surface area contributed by atoms with E-state index in [-0.39, 0.29) is 24.2 Å². The lowest BCUT2D eigenvalue weighted by molar-refractivity contribution is -0.143. The van der Waals surface area contributed by atoms with Crippen LogP contribution in [0.2, 0.25) is 0 Å². The molecule has 0 heterocycles. The number of carbonyl (C=O) groups excluding carboxylic acids is 2. The molecule has 0 aliphatic rings. The van der Waals surface area contributed by atoms with Gasteiger partial charge in [0.25, 0.3) is 0 Å². The average molecular weight is 293 g/mol. The van der Waals surface area contributed by atoms with Crippen molar-refractivity contribution in [2.24, 2.45) is 11.1 Å². The molecule has 1 aromatic rings. The molecule has 1 aromatic carbocycles. The molecule has 5 heteroatoms. The number of ketones is 1. The zero-order valence-corrected chi connectivity index (χ0v) is 13.2. The van der Waals surface area contributed by atoms with Gasteiger partial charge in [-0.2, -0.15) is 0 Å². The van der Waals surface area contributed by atoms with Crippen molar-refractivity contribution in [2.45, 2.75) is 33.6 Å². The van der Waals surface area contributed by atoms with Gasteiger partial charge in [-0.15, -0.1) is 0 Å². The molecule has 0 radical (unpaired) electrons. The van der Waals surface area contributed by atoms with E-state index >= 15 is 0 Å². The number of hydrogen-bond donors (Lipinski definition) is 1. The number of hydrogen-bond acceptors (Lipinski definition) is 5. The van der Waals surface area contributed by atoms with Gasteiger partial charge >= 0.3 is 5.97 Å². The van der Waals surface area contributed by atoms with Crippen LogP contribution in [0.15, 0.2) is 18.2 Å². The molecule has 1 rings (SSSR count). The molecule has 1 atom stereocenters. The van der Waals surface area contributed by atoms with Crippen LogP contribution in [0.25, 0.3) is 0 Å². The summed E-state index contributed by atoms with van der Waals surface area (Å²) >= 11 is 0. The van der Waals surface area contributed by atoms with Crippen molar-refractivity contribution in [1.82, 2.24) is 0 Å². The molecule has 0 spiro atoms. The molecule has 0 fully saturated rings. The number of esters is 1. The Kier molecular flexibility index (Phi) is 5.49. The van der Waals surface area contributed by atoms with Gasteiger partial charge in [-0.05, 0) is 45.4 Å². The third-order valence-electron chi connectivity index (χ3n) is 3.13. The van der Waals surface area contributed by atoms with Crippen LogP contribution < -0.4 is 15.2 Å². The van der Waals surface area contributed by atoms with Crippen molar-refractivity contribution >= 4 is 11.8 Å². The summed E-state index contributed by atoms with van der Waals surface area (Å²) in [6.07, 6.45) is 0. The van der Waals surface area contributed by atoms with Crippen LogP contribution in [-0.4, -0.2) is 25.4 Å². The second-order valence-corrected chi connectivity index (χ2v) is 5.95. The number of Topliss-reactive ketones (excluding diaryl/α,β-unsaturated/α-hetero) is 1. The molecule has 0 aromatic heterocycles. The van der Waals surface area contributed by atoms with Crippen LogP contribution in [0.3, 0.4) is 0 Å². The van der Waals surface area contributed by atoms with Crippen LogP contribution in [-0.2, 0) is 9.59 Å². The van der Waals surface area contributed by atoms with E-state index in [9.17, 15) is 9.59 Å². The SMILES string of the molecule is COc1cc(C(CN)C(C)=O)ccc1OC(=O)C(C)(C)C. The number of carbonyl (C=O) groups is 2. The second kappa shape index (κ2) is 6.72. The predicted octanol–water partition coefficient (Wildman–Crippen LogP) is 2.28. The molecule has 0 amide bonds. The molecule has 0 aliphatic carbocycles. The van der Waals surface area contributed by atoms with Crippen molar-refractivity contribution in [2.75, 3.05) is 13.7 Å². The average Bonchev–Trinajstić information content (AvgIpc) is 2.39. The first-order valence-electron chi connectivity index (χ1n) is 6.81. The molecule has 116 valence electrons. The maximum absolute atomic E-state index is 11.9. The topological polar surface area (TPSA) is 78.6 Å². The largest absolute Gasteiger partial charge is 0.493 e. The first-order chi connectivity index (χ1) is 9.70. The second-order valence-electron chi connectivity index (χ2n) is 5.95. The Morgan fingerprint density at radius 1 is 1.24 bits per heavy atom. The van der Waals surface area contributed by atoms with Gasteiger partial charge in [0.2, 0.25) is 0 Å². The normalized spacial score (nSPS) is 12.7. The van der Waals surface area contributed by atoms with E-state index < -0.39 is 5.41 Å². The summed E-state index contributed by atoms with van der Waals surface area (Å²) in [4.78, 5) is 23.5. The number of benzene rings is 1. The third kappa shape index (κ3) is 4.29. The number of ether oxygens (including phenoxy) is 2. The van der Waals surface area contributed by atoms with E-state index in [1.807, 2.05) is 0 Å². The minimum Gasteiger partial charge on any atom is -0.493 e. The summed E-state index contributed by atoms with van der Waals surface area (Å²) < 4.78 is 10.6. The monoisotopic (exact) mass is 293 g/mol. The van der Waals surface area contributed by atoms with Crippen LogP contribution in [0, 0.1) is 5.41 Å². The van der Waals surface area contributed by atoms with Crippen molar-refractivity contribution in [3.05, 3.63) is 23.8 Å². The van der Waals surface area contributed by atoms with Gasteiger partial charge in [-0.1, -0.05) is 6.07 Å². The van der Waals surface area contributed by atoms with E-state index in [1.54, 1.807) is 39.0 Å². The number of nitrogens with two attached hydrogens (primary N) is 1. The first-order valence-corrected chi connectivity index (χ1v) is 6.81. The van der Waals surface area contributed by atoms with Gasteiger partial charge in [-0.3, -0.25) is 9.59 Å². The summed E-state index contributed by atoms with van der Waals surface area (Å²) in [5.74, 6) is -0.00829. The predicted molar refractivity (Wildman–Crippen MR) is 80.6 cm³/mol. The van der Waals surface area contributed by atoms with Crippen LogP contribution in [0.1, 0.15) is 39.2 Å². The van der Waals surface area contributed by atoms with Crippen molar-refractivity contribution < 1.29 is 19.1 Å². The Balaban J connectivity index is 3.10. The smallest absolute Gasteiger partial charge is 0.316 e. The molecule has 1 unspecified atom stereocenters. The highest BCUT2D eigenvalue weighted by atomic mass is 16.6. The highest BCUT2D eigenvalue weighted by Gasteiger charge is 2.25. The van der Waals surface area contributed by atoms with E-state index in [0.29, 0.717) is 11.5 Å². The summed E-state index contributed by atoms with van der Waals surface area (Å²) in [5, 5.41) is 0. The highest BCUT2D eigenvalue weighted by Crippen LogP contribution is 2.32. The van der Waals surface area contributed by atoms with E-state index in [0.717, 1.165) is 5.56 Å². The lowest BCUT2D eigenvalue weighted by Gasteiger charge is -2.19. The summed E-state index contributed by atoms with van der Waals surface area (Å²) in [5.41, 5.74) is 5.77. The maximum atomic E-state index is 11.9. The van der Waals surface area contributed by atoms with E-state index in [1.165, 1.54) is 14.0 Å². The van der Waals surface area contributed by atoms with Gasteiger partial charge in [0, 0.05) is 6.54 Å². The van der Waals surface area contributed by atoms with Crippen LogP contribution in [0.4, 0.5) is 0 Å². The summed E-state index contributed by atoms with van der Waals surface area (Å²) in [6, 6.07) is 5.04. The maximum Gasteiger partial charge on any atom is 0.316 e. The molecule has 0 saturated heterocycles. The van der Waals surface area contributed by atoms with Gasteiger partial charge in [0.15, 0.2) is 11.5 Å². The summed E-state index contributed by atoms with van der Waals surface area (Å²) in [7, 11) is 1.48.